The van der Waals surface area contributed by atoms with Gasteiger partial charge < -0.3 is 102 Å². The molecule has 48 heteroatoms. The Morgan fingerprint density at radius 2 is 0.927 bits per heavy atom. The van der Waals surface area contributed by atoms with Crippen molar-refractivity contribution in [2.45, 2.75) is 100 Å². The molecule has 0 saturated carbocycles. The van der Waals surface area contributed by atoms with Crippen LogP contribution in [0.15, 0.2) is 25.3 Å². The van der Waals surface area contributed by atoms with Gasteiger partial charge in [0, 0.05) is 13.1 Å². The number of carbonyl (C=O) groups is 2. The summed E-state index contributed by atoms with van der Waals surface area (Å²) in [6.45, 7) is -0.427. The summed E-state index contributed by atoms with van der Waals surface area (Å²) in [6, 6.07) is 0. The van der Waals surface area contributed by atoms with Crippen molar-refractivity contribution in [1.82, 2.24) is 49.7 Å². The summed E-state index contributed by atoms with van der Waals surface area (Å²) in [7, 11) is -33.9. The third kappa shape index (κ3) is 21.1. The molecular weight excluding hydrogens is 1240 g/mol. The number of nitrogens with one attached hydrogen (secondary N) is 2. The molecule has 2 fully saturated rings. The van der Waals surface area contributed by atoms with Crippen LogP contribution in [0, 0.1) is 0 Å². The van der Waals surface area contributed by atoms with E-state index >= 15 is 0 Å². The van der Waals surface area contributed by atoms with Crippen molar-refractivity contribution in [3.63, 3.8) is 0 Å². The lowest BCUT2D eigenvalue weighted by atomic mass is 10.1. The molecule has 2 aliphatic rings. The average Bonchev–Trinajstić information content (AvgIpc) is 4.35. The molecule has 12 unspecified atom stereocenters. The number of phosphoric acid groups is 6. The monoisotopic (exact) mass is 1300 g/mol. The molecule has 12 atom stereocenters. The molecule has 2 saturated heterocycles. The number of hydrogen-bond donors (Lipinski definition) is 16. The van der Waals surface area contributed by atoms with Crippen molar-refractivity contribution < 1.29 is 132 Å². The fraction of sp³-hybridized carbons (Fsp3) is 0.647. The predicted octanol–water partition coefficient (Wildman–Crippen LogP) is -0.752. The number of fused-ring (bicyclic) bond motifs is 2. The summed E-state index contributed by atoms with van der Waals surface area (Å²) < 4.78 is 118. The van der Waals surface area contributed by atoms with Crippen molar-refractivity contribution >= 4 is 93.1 Å². The van der Waals surface area contributed by atoms with E-state index in [4.69, 9.17) is 61.5 Å². The SMILES string of the molecule is NCCCCCCNC(=O)OC1C(COP(=O)(O)OP(=O)(O)OP(=O)(O)O)OC(n2cnc3c(N)ncnc32)C1O.NCCCCCCNC(=O)OC1C(O)C(COP(=O)(O)OP(=O)(O)OP(=O)(O)O)OC1n1cnc2c(N)ncnc21. The molecule has 4 aromatic heterocycles. The number of nitrogen functional groups attached to an aromatic ring is 2. The Morgan fingerprint density at radius 3 is 1.37 bits per heavy atom. The second-order valence-corrected chi connectivity index (χ2v) is 25.9. The van der Waals surface area contributed by atoms with E-state index in [0.717, 1.165) is 51.2 Å². The lowest BCUT2D eigenvalue weighted by molar-refractivity contribution is -0.0522. The highest BCUT2D eigenvalue weighted by Gasteiger charge is 2.51. The number of aliphatic hydroxyl groups is 2. The molecule has 0 spiro atoms. The van der Waals surface area contributed by atoms with Gasteiger partial charge >= 0.3 is 59.1 Å². The van der Waals surface area contributed by atoms with Gasteiger partial charge in [0.15, 0.2) is 47.6 Å². The van der Waals surface area contributed by atoms with E-state index in [0.29, 0.717) is 25.9 Å². The first kappa shape index (κ1) is 68.6. The Bertz CT molecular complexity index is 3080. The number of amides is 2. The Morgan fingerprint density at radius 1 is 0.524 bits per heavy atom. The first-order valence-corrected chi connectivity index (χ1v) is 32.7. The average molecular weight is 1300 g/mol. The fourth-order valence-electron chi connectivity index (χ4n) is 7.45. The van der Waals surface area contributed by atoms with E-state index in [2.05, 4.69) is 66.8 Å². The van der Waals surface area contributed by atoms with Crippen molar-refractivity contribution in [3.8, 4) is 0 Å². The van der Waals surface area contributed by atoms with Crippen LogP contribution in [-0.4, -0.2) is 177 Å². The zero-order valence-electron chi connectivity index (χ0n) is 42.2. The first-order chi connectivity index (χ1) is 38.2. The number of imidazole rings is 2. The van der Waals surface area contributed by atoms with Gasteiger partial charge in [0.25, 0.3) is 0 Å². The van der Waals surface area contributed by atoms with Gasteiger partial charge in [0.05, 0.1) is 25.9 Å². The van der Waals surface area contributed by atoms with Crippen LogP contribution < -0.4 is 33.6 Å². The van der Waals surface area contributed by atoms with Crippen molar-refractivity contribution in [2.75, 3.05) is 50.9 Å². The number of alkyl carbamates (subject to hydrolysis) is 2. The maximum Gasteiger partial charge on any atom is 0.490 e. The highest BCUT2D eigenvalue weighted by molar-refractivity contribution is 7.67. The number of rotatable bonds is 30. The van der Waals surface area contributed by atoms with Gasteiger partial charge in [-0.1, -0.05) is 25.7 Å². The van der Waals surface area contributed by atoms with Gasteiger partial charge in [0.2, 0.25) is 0 Å². The highest BCUT2D eigenvalue weighted by Crippen LogP contribution is 2.67. The van der Waals surface area contributed by atoms with Gasteiger partial charge in [-0.25, -0.2) is 66.9 Å². The van der Waals surface area contributed by atoms with Gasteiger partial charge in [-0.15, -0.1) is 0 Å². The number of aliphatic hydroxyl groups excluding tert-OH is 2. The van der Waals surface area contributed by atoms with Crippen LogP contribution in [0.4, 0.5) is 21.2 Å². The smallest absolute Gasteiger partial charge is 0.440 e. The molecule has 2 aliphatic heterocycles. The minimum absolute atomic E-state index is 0.0151. The van der Waals surface area contributed by atoms with Crippen LogP contribution in [0.3, 0.4) is 0 Å². The van der Waals surface area contributed by atoms with E-state index in [9.17, 15) is 66.8 Å². The molecular formula is C34H60N14O28P6. The maximum absolute atomic E-state index is 12.5. The third-order valence-corrected chi connectivity index (χ3v) is 18.5. The Balaban J connectivity index is 0.000000301. The maximum atomic E-state index is 12.5. The first-order valence-electron chi connectivity index (χ1n) is 23.6. The van der Waals surface area contributed by atoms with E-state index < -0.39 is 121 Å². The summed E-state index contributed by atoms with van der Waals surface area (Å²) in [5, 5.41) is 26.9. The van der Waals surface area contributed by atoms with E-state index in [1.54, 1.807) is 0 Å². The molecule has 0 radical (unpaired) electrons. The van der Waals surface area contributed by atoms with Crippen LogP contribution in [0.25, 0.3) is 22.3 Å². The summed E-state index contributed by atoms with van der Waals surface area (Å²) in [5.74, 6) is 0.0328. The minimum Gasteiger partial charge on any atom is -0.440 e. The normalized spacial score (nSPS) is 24.1. The topological polar surface area (TPSA) is 646 Å². The Hall–Kier alpha value is -4.18. The summed E-state index contributed by atoms with van der Waals surface area (Å²) in [5.41, 5.74) is 23.0. The third-order valence-electron chi connectivity index (χ3n) is 10.9. The van der Waals surface area contributed by atoms with Gasteiger partial charge in [0.1, 0.15) is 48.1 Å². The Labute approximate surface area is 461 Å². The summed E-state index contributed by atoms with van der Waals surface area (Å²) in [6.07, 6.45) is -3.13. The molecule has 2 amide bonds. The number of phosphoric ester groups is 2. The standard InChI is InChI=1S/2C17H30N7O14P3/c18-5-3-1-2-4-6-20-17(26)36-13-10(7-34-40(30,31)38-41(32,33)37-39(27,28)29)35-16(12(13)25)24-9-23-11-14(19)21-8-22-15(11)24;18-5-3-1-2-4-6-20-17(26)36-13-12(25)10(7-34-40(30,31)38-41(32,33)37-39(27,28)29)35-16(13)24-9-23-11-14(19)21-8-22-15(11)24/h2*8-10,12-13,16,25H,1-7,18H2,(H,20,26)(H,30,31)(H,32,33)(H2,19,21,22)(H2,27,28,29). The quantitative estimate of drug-likeness (QED) is 0.0226. The van der Waals surface area contributed by atoms with Crippen molar-refractivity contribution in [2.24, 2.45) is 11.5 Å². The molecule has 0 aromatic carbocycles. The molecule has 82 heavy (non-hydrogen) atoms. The van der Waals surface area contributed by atoms with Gasteiger partial charge in [-0.2, -0.15) is 17.2 Å². The number of unbranched alkanes of at least 4 members (excludes halogenated alkanes) is 6. The van der Waals surface area contributed by atoms with E-state index in [1.165, 1.54) is 21.8 Å². The molecule has 0 aliphatic carbocycles. The number of carbonyl (C=O) groups excluding carboxylic acids is 2. The number of nitrogens with two attached hydrogens (primary N) is 4. The molecule has 6 rings (SSSR count). The molecule has 6 heterocycles. The second-order valence-electron chi connectivity index (χ2n) is 17.0. The summed E-state index contributed by atoms with van der Waals surface area (Å²) in [4.78, 5) is 122. The Kier molecular flexibility index (Phi) is 24.9. The number of hydrogen-bond acceptors (Lipinski definition) is 30. The fourth-order valence-corrected chi connectivity index (χ4v) is 13.5. The lowest BCUT2D eigenvalue weighted by Crippen LogP contribution is -2.41. The van der Waals surface area contributed by atoms with Crippen LogP contribution >= 0.6 is 46.9 Å². The molecule has 20 N–H and O–H groups in total. The van der Waals surface area contributed by atoms with Crippen molar-refractivity contribution in [3.05, 3.63) is 25.3 Å². The zero-order chi connectivity index (χ0) is 60.8. The van der Waals surface area contributed by atoms with Crippen molar-refractivity contribution in [1.29, 1.82) is 0 Å². The van der Waals surface area contributed by atoms with Crippen LogP contribution in [0.5, 0.6) is 0 Å². The molecule has 464 valence electrons. The number of anilines is 2. The van der Waals surface area contributed by atoms with Gasteiger partial charge in [-0.05, 0) is 38.8 Å². The van der Waals surface area contributed by atoms with Crippen LogP contribution in [-0.2, 0) is 72.6 Å². The zero-order valence-corrected chi connectivity index (χ0v) is 47.6. The molecule has 42 nitrogen and oxygen atoms in total. The highest BCUT2D eigenvalue weighted by atomic mass is 31.3. The molecule has 4 aromatic rings. The van der Waals surface area contributed by atoms with Crippen LogP contribution in [0.1, 0.15) is 63.8 Å². The largest absolute Gasteiger partial charge is 0.490 e. The number of aromatic nitrogens is 8. The van der Waals surface area contributed by atoms with E-state index in [-0.39, 0.29) is 47.1 Å². The number of nitrogens with zero attached hydrogens (tertiary/aromatic N) is 8. The molecule has 0 bridgehead atoms. The minimum atomic E-state index is -5.79. The summed E-state index contributed by atoms with van der Waals surface area (Å²) >= 11 is 0. The number of ether oxygens (including phenoxy) is 4. The lowest BCUT2D eigenvalue weighted by Gasteiger charge is -2.22. The van der Waals surface area contributed by atoms with E-state index in [1.807, 2.05) is 0 Å². The second kappa shape index (κ2) is 29.8. The predicted molar refractivity (Wildman–Crippen MR) is 271 cm³/mol. The van der Waals surface area contributed by atoms with Crippen LogP contribution in [0.2, 0.25) is 0 Å². The van der Waals surface area contributed by atoms with Gasteiger partial charge in [-0.3, -0.25) is 18.2 Å².